The molecule has 0 N–H and O–H groups in total. The summed E-state index contributed by atoms with van der Waals surface area (Å²) < 4.78 is 18.4. The average molecular weight is 453 g/mol. The lowest BCUT2D eigenvalue weighted by molar-refractivity contribution is -0.145. The number of imidazole rings is 1. The number of ether oxygens (including phenoxy) is 3. The van der Waals surface area contributed by atoms with Gasteiger partial charge in [-0.05, 0) is 74.7 Å². The molecule has 0 radical (unpaired) electrons. The fourth-order valence-corrected chi connectivity index (χ4v) is 4.40. The molecule has 0 bridgehead atoms. The van der Waals surface area contributed by atoms with Crippen LogP contribution in [-0.4, -0.2) is 35.2 Å². The van der Waals surface area contributed by atoms with Crippen molar-refractivity contribution in [2.45, 2.75) is 27.7 Å². The van der Waals surface area contributed by atoms with Crippen LogP contribution in [0.2, 0.25) is 0 Å². The number of benzene rings is 2. The molecular formula is C24H24N2O5S. The Morgan fingerprint density at radius 2 is 1.84 bits per heavy atom. The highest BCUT2D eigenvalue weighted by atomic mass is 32.1. The molecule has 0 aliphatic carbocycles. The van der Waals surface area contributed by atoms with Gasteiger partial charge in [-0.25, -0.2) is 14.2 Å². The summed E-state index contributed by atoms with van der Waals surface area (Å²) in [4.78, 5) is 30.0. The lowest BCUT2D eigenvalue weighted by Gasteiger charge is -2.12. The van der Waals surface area contributed by atoms with E-state index in [-0.39, 0.29) is 12.2 Å². The van der Waals surface area contributed by atoms with Gasteiger partial charge in [0.25, 0.3) is 5.56 Å². The molecule has 0 unspecified atom stereocenters. The summed E-state index contributed by atoms with van der Waals surface area (Å²) in [6.45, 7) is 8.20. The van der Waals surface area contributed by atoms with Gasteiger partial charge in [0.15, 0.2) is 23.1 Å². The monoisotopic (exact) mass is 452 g/mol. The maximum absolute atomic E-state index is 13.1. The quantitative estimate of drug-likeness (QED) is 0.400. The minimum atomic E-state index is -0.443. The molecule has 4 rings (SSSR count). The molecule has 0 aliphatic heterocycles. The first-order valence-corrected chi connectivity index (χ1v) is 11.2. The third-order valence-corrected chi connectivity index (χ3v) is 6.04. The van der Waals surface area contributed by atoms with E-state index < -0.39 is 5.97 Å². The lowest BCUT2D eigenvalue weighted by Crippen LogP contribution is -2.22. The number of hydrogen-bond acceptors (Lipinski definition) is 7. The minimum absolute atomic E-state index is 0.101. The maximum atomic E-state index is 13.1. The van der Waals surface area contributed by atoms with Crippen molar-refractivity contribution in [1.29, 1.82) is 0 Å². The highest BCUT2D eigenvalue weighted by molar-refractivity contribution is 7.15. The number of fused-ring (bicyclic) bond motifs is 3. The Hall–Kier alpha value is -3.39. The van der Waals surface area contributed by atoms with Gasteiger partial charge in [-0.3, -0.25) is 4.79 Å². The molecule has 32 heavy (non-hydrogen) atoms. The smallest absolute Gasteiger partial charge is 0.344 e. The van der Waals surface area contributed by atoms with Crippen LogP contribution in [0.5, 0.6) is 11.5 Å². The number of hydrogen-bond donors (Lipinski definition) is 0. The highest BCUT2D eigenvalue weighted by Crippen LogP contribution is 2.29. The van der Waals surface area contributed by atoms with Crippen molar-refractivity contribution >= 4 is 39.4 Å². The van der Waals surface area contributed by atoms with Crippen LogP contribution in [0.3, 0.4) is 0 Å². The summed E-state index contributed by atoms with van der Waals surface area (Å²) >= 11 is 1.35. The Kier molecular flexibility index (Phi) is 6.14. The minimum Gasteiger partial charge on any atom is -0.490 e. The van der Waals surface area contributed by atoms with Gasteiger partial charge in [-0.1, -0.05) is 17.4 Å². The van der Waals surface area contributed by atoms with Crippen LogP contribution >= 0.6 is 11.3 Å². The second-order valence-electron chi connectivity index (χ2n) is 7.30. The summed E-state index contributed by atoms with van der Waals surface area (Å²) in [7, 11) is 0. The van der Waals surface area contributed by atoms with Gasteiger partial charge in [0.2, 0.25) is 0 Å². The van der Waals surface area contributed by atoms with Crippen LogP contribution in [0.4, 0.5) is 0 Å². The van der Waals surface area contributed by atoms with Crippen molar-refractivity contribution in [3.8, 4) is 11.5 Å². The van der Waals surface area contributed by atoms with Gasteiger partial charge in [-0.2, -0.15) is 0 Å². The number of aryl methyl sites for hydroxylation is 2. The molecule has 7 nitrogen and oxygen atoms in total. The Morgan fingerprint density at radius 1 is 1.06 bits per heavy atom. The molecule has 0 saturated heterocycles. The largest absolute Gasteiger partial charge is 0.490 e. The molecule has 0 fully saturated rings. The van der Waals surface area contributed by atoms with Crippen molar-refractivity contribution in [3.05, 3.63) is 61.9 Å². The topological polar surface area (TPSA) is 79.1 Å². The van der Waals surface area contributed by atoms with E-state index in [1.165, 1.54) is 11.3 Å². The Labute approximate surface area is 188 Å². The van der Waals surface area contributed by atoms with Gasteiger partial charge >= 0.3 is 5.97 Å². The summed E-state index contributed by atoms with van der Waals surface area (Å²) in [5.74, 6) is 0.495. The molecule has 8 heteroatoms. The van der Waals surface area contributed by atoms with Crippen LogP contribution < -0.4 is 19.6 Å². The van der Waals surface area contributed by atoms with Gasteiger partial charge in [0, 0.05) is 0 Å². The molecule has 0 amide bonds. The molecule has 0 saturated carbocycles. The predicted molar refractivity (Wildman–Crippen MR) is 125 cm³/mol. The van der Waals surface area contributed by atoms with Crippen molar-refractivity contribution < 1.29 is 19.0 Å². The Bertz CT molecular complexity index is 1420. The van der Waals surface area contributed by atoms with Crippen LogP contribution in [0.25, 0.3) is 22.1 Å². The van der Waals surface area contributed by atoms with E-state index in [0.717, 1.165) is 27.7 Å². The molecule has 2 aromatic heterocycles. The van der Waals surface area contributed by atoms with E-state index in [1.807, 2.05) is 45.0 Å². The van der Waals surface area contributed by atoms with Crippen LogP contribution in [0.15, 0.2) is 35.1 Å². The fourth-order valence-electron chi connectivity index (χ4n) is 3.41. The maximum Gasteiger partial charge on any atom is 0.344 e. The van der Waals surface area contributed by atoms with E-state index in [0.29, 0.717) is 34.2 Å². The van der Waals surface area contributed by atoms with Crippen LogP contribution in [-0.2, 0) is 9.53 Å². The molecule has 0 atom stereocenters. The predicted octanol–water partition coefficient (Wildman–Crippen LogP) is 3.41. The normalized spacial score (nSPS) is 11.9. The molecule has 166 valence electrons. The Balaban J connectivity index is 1.72. The number of esters is 1. The summed E-state index contributed by atoms with van der Waals surface area (Å²) in [6.07, 6.45) is 1.81. The summed E-state index contributed by atoms with van der Waals surface area (Å²) in [5.41, 5.74) is 4.60. The summed E-state index contributed by atoms with van der Waals surface area (Å²) in [6, 6.07) is 9.34. The Morgan fingerprint density at radius 3 is 2.59 bits per heavy atom. The SMILES string of the molecule is CCOC(=O)COc1ccc(/C=c2\sc3nc4cc(C)c(C)cc4n3c2=O)cc1OCC. The van der Waals surface area contributed by atoms with E-state index in [9.17, 15) is 9.59 Å². The van der Waals surface area contributed by atoms with Crippen LogP contribution in [0.1, 0.15) is 30.5 Å². The van der Waals surface area contributed by atoms with Gasteiger partial charge in [0.1, 0.15) is 0 Å². The van der Waals surface area contributed by atoms with Gasteiger partial charge < -0.3 is 14.2 Å². The average Bonchev–Trinajstić information content (AvgIpc) is 3.24. The van der Waals surface area contributed by atoms with E-state index >= 15 is 0 Å². The number of rotatable bonds is 7. The third kappa shape index (κ3) is 4.18. The van der Waals surface area contributed by atoms with Crippen molar-refractivity contribution in [3.63, 3.8) is 0 Å². The van der Waals surface area contributed by atoms with Crippen LogP contribution in [0, 0.1) is 13.8 Å². The number of carbonyl (C=O) groups is 1. The third-order valence-electron chi connectivity index (χ3n) is 5.07. The second kappa shape index (κ2) is 9.00. The number of aromatic nitrogens is 2. The molecule has 2 heterocycles. The van der Waals surface area contributed by atoms with Gasteiger partial charge in [-0.15, -0.1) is 0 Å². The summed E-state index contributed by atoms with van der Waals surface area (Å²) in [5, 5.41) is 0. The zero-order valence-electron chi connectivity index (χ0n) is 18.4. The zero-order chi connectivity index (χ0) is 22.8. The van der Waals surface area contributed by atoms with Crippen molar-refractivity contribution in [2.24, 2.45) is 0 Å². The molecule has 0 aliphatic rings. The van der Waals surface area contributed by atoms with E-state index in [4.69, 9.17) is 14.2 Å². The first kappa shape index (κ1) is 21.8. The molecule has 0 spiro atoms. The first-order valence-electron chi connectivity index (χ1n) is 10.4. The van der Waals surface area contributed by atoms with E-state index in [1.54, 1.807) is 23.5 Å². The van der Waals surface area contributed by atoms with Crippen molar-refractivity contribution in [2.75, 3.05) is 19.8 Å². The lowest BCUT2D eigenvalue weighted by atomic mass is 10.1. The zero-order valence-corrected chi connectivity index (χ0v) is 19.2. The highest BCUT2D eigenvalue weighted by Gasteiger charge is 2.13. The number of carbonyl (C=O) groups excluding carboxylic acids is 1. The van der Waals surface area contributed by atoms with E-state index in [2.05, 4.69) is 4.98 Å². The fraction of sp³-hybridized carbons (Fsp3) is 0.292. The second-order valence-corrected chi connectivity index (χ2v) is 8.31. The van der Waals surface area contributed by atoms with Gasteiger partial charge in [0.05, 0.1) is 28.8 Å². The number of nitrogens with zero attached hydrogens (tertiary/aromatic N) is 2. The molecular weight excluding hydrogens is 428 g/mol. The molecule has 4 aromatic rings. The first-order chi connectivity index (χ1) is 15.4. The number of thiazole rings is 1. The van der Waals surface area contributed by atoms with Crippen molar-refractivity contribution in [1.82, 2.24) is 9.38 Å². The molecule has 2 aromatic carbocycles. The standard InChI is InChI=1S/C24H24N2O5S/c1-5-29-20-11-16(7-8-19(20)31-13-22(27)30-6-2)12-21-23(28)26-18-10-15(4)14(3)9-17(18)25-24(26)32-21/h7-12H,5-6,13H2,1-4H3/b21-12-.